The van der Waals surface area contributed by atoms with Crippen molar-refractivity contribution in [3.8, 4) is 0 Å². The summed E-state index contributed by atoms with van der Waals surface area (Å²) in [5.74, 6) is 1.87. The van der Waals surface area contributed by atoms with E-state index in [9.17, 15) is 0 Å². The van der Waals surface area contributed by atoms with Crippen molar-refractivity contribution in [3.63, 3.8) is 0 Å². The Kier molecular flexibility index (Phi) is 6.74. The molecule has 0 aromatic heterocycles. The van der Waals surface area contributed by atoms with Gasteiger partial charge in [-0.05, 0) is 31.1 Å². The monoisotopic (exact) mass is 332 g/mol. The van der Waals surface area contributed by atoms with Gasteiger partial charge in [0.2, 0.25) is 0 Å². The van der Waals surface area contributed by atoms with Crippen LogP contribution in [0.15, 0.2) is 0 Å². The van der Waals surface area contributed by atoms with Crippen LogP contribution in [-0.2, 0) is 39.1 Å². The molecule has 0 atom stereocenters. The Balaban J connectivity index is 0.00000180. The van der Waals surface area contributed by atoms with Crippen molar-refractivity contribution in [1.82, 2.24) is 0 Å². The van der Waals surface area contributed by atoms with Gasteiger partial charge in [0, 0.05) is 32.7 Å². The number of benzene rings is 1. The zero-order valence-electron chi connectivity index (χ0n) is 13.3. The third kappa shape index (κ3) is 4.14. The molecule has 0 bridgehead atoms. The minimum absolute atomic E-state index is 0. The zero-order valence-corrected chi connectivity index (χ0v) is 16.1. The molecule has 0 nitrogen and oxygen atoms in total. The van der Waals surface area contributed by atoms with E-state index in [-0.39, 0.29) is 32.7 Å². The van der Waals surface area contributed by atoms with Gasteiger partial charge >= 0.3 is 0 Å². The van der Waals surface area contributed by atoms with E-state index < -0.39 is 0 Å². The molecule has 1 heteroatoms. The molecule has 0 heterocycles. The molecule has 0 saturated heterocycles. The number of hydrogen-bond donors (Lipinski definition) is 0. The Bertz CT molecular complexity index is 400. The van der Waals surface area contributed by atoms with Crippen LogP contribution in [0.25, 0.3) is 0 Å². The summed E-state index contributed by atoms with van der Waals surface area (Å²) in [7, 11) is 0. The summed E-state index contributed by atoms with van der Waals surface area (Å²) in [5, 5.41) is 0. The molecule has 0 aliphatic heterocycles. The first kappa shape index (κ1) is 17.4. The maximum Gasteiger partial charge on any atom is 0 e. The summed E-state index contributed by atoms with van der Waals surface area (Å²) < 4.78 is 0. The average molecular weight is 332 g/mol. The zero-order chi connectivity index (χ0) is 13.3. The molecule has 1 aliphatic rings. The largest absolute Gasteiger partial charge is 0.177 e. The van der Waals surface area contributed by atoms with E-state index in [0.717, 1.165) is 11.8 Å². The van der Waals surface area contributed by atoms with E-state index in [0.29, 0.717) is 0 Å². The minimum Gasteiger partial charge on any atom is -0.177 e. The van der Waals surface area contributed by atoms with Crippen LogP contribution in [0.5, 0.6) is 0 Å². The van der Waals surface area contributed by atoms with Crippen molar-refractivity contribution in [3.05, 3.63) is 33.9 Å². The summed E-state index contributed by atoms with van der Waals surface area (Å²) in [4.78, 5) is 0. The van der Waals surface area contributed by atoms with Crippen molar-refractivity contribution >= 4 is 0 Å². The second kappa shape index (κ2) is 7.37. The molecule has 0 unspecified atom stereocenters. The van der Waals surface area contributed by atoms with Gasteiger partial charge in [-0.1, -0.05) is 47.5 Å². The van der Waals surface area contributed by atoms with Crippen LogP contribution in [0.2, 0.25) is 0 Å². The fraction of sp³-hybridized carbons (Fsp3) is 0.667. The molecule has 1 saturated carbocycles. The smallest absolute Gasteiger partial charge is 0 e. The van der Waals surface area contributed by atoms with E-state index in [1.165, 1.54) is 54.4 Å². The Morgan fingerprint density at radius 2 is 1.37 bits per heavy atom. The Labute approximate surface area is 144 Å². The first-order valence-electron chi connectivity index (χ1n) is 7.47. The summed E-state index contributed by atoms with van der Waals surface area (Å²) >= 11 is 0. The predicted molar refractivity (Wildman–Crippen MR) is 79.1 cm³/mol. The molecule has 1 radical (unpaired) electrons. The quantitative estimate of drug-likeness (QED) is 0.662. The van der Waals surface area contributed by atoms with E-state index >= 15 is 0 Å². The fourth-order valence-electron chi connectivity index (χ4n) is 3.33. The fourth-order valence-corrected chi connectivity index (χ4v) is 3.33. The van der Waals surface area contributed by atoms with E-state index in [1.54, 1.807) is 5.56 Å². The van der Waals surface area contributed by atoms with Gasteiger partial charge in [0.1, 0.15) is 0 Å². The van der Waals surface area contributed by atoms with E-state index in [2.05, 4.69) is 40.7 Å². The van der Waals surface area contributed by atoms with E-state index in [4.69, 9.17) is 0 Å². The predicted octanol–water partition coefficient (Wildman–Crippen LogP) is 5.09. The van der Waals surface area contributed by atoms with Crippen molar-refractivity contribution in [1.29, 1.82) is 0 Å². The molecule has 1 aromatic rings. The van der Waals surface area contributed by atoms with Crippen LogP contribution >= 0.6 is 0 Å². The van der Waals surface area contributed by atoms with Gasteiger partial charge in [-0.25, -0.2) is 0 Å². The van der Waals surface area contributed by atoms with Gasteiger partial charge in [-0.2, -0.15) is 33.9 Å². The first-order valence-corrected chi connectivity index (χ1v) is 7.47. The normalized spacial score (nSPS) is 23.0. The average Bonchev–Trinajstić information content (AvgIpc) is 2.34. The SMILES string of the molecule is Cc1[c-]c(C)c(C)c(CC2CCC(C)CC2)c1C.[Y]. The third-order valence-electron chi connectivity index (χ3n) is 5.03. The summed E-state index contributed by atoms with van der Waals surface area (Å²) in [5.41, 5.74) is 7.27. The maximum atomic E-state index is 3.49. The molecule has 2 rings (SSSR count). The molecule has 0 spiro atoms. The van der Waals surface area contributed by atoms with Crippen molar-refractivity contribution in [2.75, 3.05) is 0 Å². The summed E-state index contributed by atoms with van der Waals surface area (Å²) in [6, 6.07) is 3.49. The van der Waals surface area contributed by atoms with Crippen LogP contribution in [-0.4, -0.2) is 0 Å². The molecule has 1 fully saturated rings. The maximum absolute atomic E-state index is 3.49. The topological polar surface area (TPSA) is 0 Å². The molecule has 19 heavy (non-hydrogen) atoms. The standard InChI is InChI=1S/C18H27.Y/c1-12-6-8-17(9-7-12)11-18-15(4)13(2)10-14(3)16(18)5;/h12,17H,6-9,11H2,1-5H3;/q-1;. The van der Waals surface area contributed by atoms with Gasteiger partial charge in [0.15, 0.2) is 0 Å². The van der Waals surface area contributed by atoms with Gasteiger partial charge in [0.05, 0.1) is 0 Å². The van der Waals surface area contributed by atoms with E-state index in [1.807, 2.05) is 0 Å². The second-order valence-electron chi connectivity index (χ2n) is 6.43. The Morgan fingerprint density at radius 3 is 1.84 bits per heavy atom. The Morgan fingerprint density at radius 1 is 0.895 bits per heavy atom. The van der Waals surface area contributed by atoms with Crippen LogP contribution in [0.1, 0.15) is 60.4 Å². The minimum atomic E-state index is 0. The summed E-state index contributed by atoms with van der Waals surface area (Å²) in [6.07, 6.45) is 7.01. The molecular formula is C18H27Y-. The van der Waals surface area contributed by atoms with Gasteiger partial charge < -0.3 is 0 Å². The third-order valence-corrected chi connectivity index (χ3v) is 5.03. The van der Waals surface area contributed by atoms with Gasteiger partial charge in [-0.15, -0.1) is 0 Å². The van der Waals surface area contributed by atoms with Crippen molar-refractivity contribution in [2.24, 2.45) is 11.8 Å². The van der Waals surface area contributed by atoms with Gasteiger partial charge in [-0.3, -0.25) is 0 Å². The van der Waals surface area contributed by atoms with Crippen LogP contribution < -0.4 is 0 Å². The second-order valence-corrected chi connectivity index (χ2v) is 6.43. The number of hydrogen-bond acceptors (Lipinski definition) is 0. The molecule has 103 valence electrons. The van der Waals surface area contributed by atoms with Crippen molar-refractivity contribution < 1.29 is 32.7 Å². The molecule has 0 N–H and O–H groups in total. The summed E-state index contributed by atoms with van der Waals surface area (Å²) in [6.45, 7) is 11.4. The molecule has 0 amide bonds. The first-order chi connectivity index (χ1) is 8.49. The molecule has 1 aromatic carbocycles. The molecular weight excluding hydrogens is 305 g/mol. The van der Waals surface area contributed by atoms with Crippen LogP contribution in [0, 0.1) is 45.6 Å². The van der Waals surface area contributed by atoms with Crippen molar-refractivity contribution in [2.45, 2.75) is 66.7 Å². The van der Waals surface area contributed by atoms with Crippen LogP contribution in [0.3, 0.4) is 0 Å². The number of rotatable bonds is 2. The number of aryl methyl sites for hydroxylation is 2. The Hall–Kier alpha value is 0.324. The molecule has 1 aliphatic carbocycles. The van der Waals surface area contributed by atoms with Crippen LogP contribution in [0.4, 0.5) is 0 Å². The van der Waals surface area contributed by atoms with Gasteiger partial charge in [0.25, 0.3) is 0 Å².